The summed E-state index contributed by atoms with van der Waals surface area (Å²) in [4.78, 5) is 30.7. The Bertz CT molecular complexity index is 1170. The standard InChI is InChI=1S/C24H26ClN3O2S/c1-4-14(2)16-5-10-19(11-6-16)28-23(30)20-12-7-17(25)13-21(20)27-24(28)31-15(3)22(29)26-18-8-9-18/h5-7,10-15,18H,4,8-9H2,1-3H3,(H,26,29)/t14-,15-/m0/s1. The summed E-state index contributed by atoms with van der Waals surface area (Å²) < 4.78 is 1.60. The molecular weight excluding hydrogens is 430 g/mol. The minimum atomic E-state index is -0.380. The summed E-state index contributed by atoms with van der Waals surface area (Å²) in [6, 6.07) is 13.4. The van der Waals surface area contributed by atoms with Gasteiger partial charge in [0.25, 0.3) is 5.56 Å². The number of hydrogen-bond donors (Lipinski definition) is 1. The van der Waals surface area contributed by atoms with E-state index in [1.54, 1.807) is 22.8 Å². The SMILES string of the molecule is CC[C@H](C)c1ccc(-n2c(S[C@@H](C)C(=O)NC3CC3)nc3cc(Cl)ccc3c2=O)cc1. The van der Waals surface area contributed by atoms with E-state index >= 15 is 0 Å². The van der Waals surface area contributed by atoms with Crippen LogP contribution in [0.2, 0.25) is 5.02 Å². The molecule has 1 aliphatic rings. The molecule has 0 bridgehead atoms. The van der Waals surface area contributed by atoms with Gasteiger partial charge in [0.15, 0.2) is 5.16 Å². The van der Waals surface area contributed by atoms with Crippen LogP contribution in [0.3, 0.4) is 0 Å². The Morgan fingerprint density at radius 3 is 2.58 bits per heavy atom. The van der Waals surface area contributed by atoms with Crippen LogP contribution in [0.4, 0.5) is 0 Å². The number of carbonyl (C=O) groups is 1. The Balaban J connectivity index is 1.78. The third-order valence-electron chi connectivity index (χ3n) is 5.71. The summed E-state index contributed by atoms with van der Waals surface area (Å²) in [5.41, 5.74) is 2.32. The van der Waals surface area contributed by atoms with Crippen LogP contribution in [-0.2, 0) is 4.79 Å². The highest BCUT2D eigenvalue weighted by molar-refractivity contribution is 8.00. The highest BCUT2D eigenvalue weighted by atomic mass is 35.5. The molecule has 1 aliphatic carbocycles. The zero-order chi connectivity index (χ0) is 22.1. The van der Waals surface area contributed by atoms with Crippen molar-refractivity contribution in [3.63, 3.8) is 0 Å². The molecule has 1 N–H and O–H groups in total. The number of carbonyl (C=O) groups excluding carboxylic acids is 1. The Hall–Kier alpha value is -2.31. The first-order chi connectivity index (χ1) is 14.9. The Labute approximate surface area is 191 Å². The lowest BCUT2D eigenvalue weighted by Crippen LogP contribution is -2.33. The molecule has 5 nitrogen and oxygen atoms in total. The second kappa shape index (κ2) is 9.05. The summed E-state index contributed by atoms with van der Waals surface area (Å²) in [5, 5.41) is 4.14. The van der Waals surface area contributed by atoms with Gasteiger partial charge >= 0.3 is 0 Å². The molecule has 3 aromatic rings. The first-order valence-corrected chi connectivity index (χ1v) is 11.9. The van der Waals surface area contributed by atoms with Gasteiger partial charge < -0.3 is 5.32 Å². The smallest absolute Gasteiger partial charge is 0.266 e. The fourth-order valence-corrected chi connectivity index (χ4v) is 4.49. The average molecular weight is 456 g/mol. The number of thioether (sulfide) groups is 1. The van der Waals surface area contributed by atoms with Crippen LogP contribution in [0, 0.1) is 0 Å². The summed E-state index contributed by atoms with van der Waals surface area (Å²) in [6.45, 7) is 6.18. The Morgan fingerprint density at radius 1 is 1.23 bits per heavy atom. The molecule has 162 valence electrons. The molecule has 2 atom stereocenters. The van der Waals surface area contributed by atoms with Gasteiger partial charge in [-0.25, -0.2) is 4.98 Å². The van der Waals surface area contributed by atoms with Crippen molar-refractivity contribution in [2.24, 2.45) is 0 Å². The number of halogens is 1. The number of amides is 1. The van der Waals surface area contributed by atoms with E-state index in [4.69, 9.17) is 16.6 Å². The van der Waals surface area contributed by atoms with Gasteiger partial charge in [-0.3, -0.25) is 14.2 Å². The number of benzene rings is 2. The maximum Gasteiger partial charge on any atom is 0.266 e. The molecule has 0 saturated heterocycles. The van der Waals surface area contributed by atoms with Crippen molar-refractivity contribution in [1.29, 1.82) is 0 Å². The largest absolute Gasteiger partial charge is 0.352 e. The molecular formula is C24H26ClN3O2S. The number of hydrogen-bond acceptors (Lipinski definition) is 4. The topological polar surface area (TPSA) is 64.0 Å². The molecule has 1 amide bonds. The van der Waals surface area contributed by atoms with Gasteiger partial charge in [-0.05, 0) is 68.0 Å². The molecule has 4 rings (SSSR count). The van der Waals surface area contributed by atoms with Gasteiger partial charge in [-0.2, -0.15) is 0 Å². The van der Waals surface area contributed by atoms with Crippen LogP contribution in [0.5, 0.6) is 0 Å². The van der Waals surface area contributed by atoms with Crippen LogP contribution in [-0.4, -0.2) is 26.8 Å². The maximum absolute atomic E-state index is 13.4. The van der Waals surface area contributed by atoms with Crippen LogP contribution < -0.4 is 10.9 Å². The van der Waals surface area contributed by atoms with Crippen LogP contribution in [0.1, 0.15) is 51.5 Å². The van der Waals surface area contributed by atoms with E-state index in [-0.39, 0.29) is 22.8 Å². The molecule has 0 aliphatic heterocycles. The molecule has 1 fully saturated rings. The number of nitrogens with zero attached hydrogens (tertiary/aromatic N) is 2. The van der Waals surface area contributed by atoms with Crippen LogP contribution >= 0.6 is 23.4 Å². The first-order valence-electron chi connectivity index (χ1n) is 10.7. The minimum Gasteiger partial charge on any atom is -0.352 e. The molecule has 2 aromatic carbocycles. The van der Waals surface area contributed by atoms with Gasteiger partial charge in [0.05, 0.1) is 21.8 Å². The molecule has 7 heteroatoms. The molecule has 0 unspecified atom stereocenters. The molecule has 31 heavy (non-hydrogen) atoms. The van der Waals surface area contributed by atoms with Crippen molar-refractivity contribution in [2.45, 2.75) is 62.4 Å². The fourth-order valence-electron chi connectivity index (χ4n) is 3.39. The van der Waals surface area contributed by atoms with E-state index < -0.39 is 0 Å². The highest BCUT2D eigenvalue weighted by Gasteiger charge is 2.27. The van der Waals surface area contributed by atoms with Gasteiger partial charge in [0.1, 0.15) is 0 Å². The van der Waals surface area contributed by atoms with Crippen LogP contribution in [0.25, 0.3) is 16.6 Å². The summed E-state index contributed by atoms with van der Waals surface area (Å²) >= 11 is 7.43. The van der Waals surface area contributed by atoms with Crippen molar-refractivity contribution in [2.75, 3.05) is 0 Å². The summed E-state index contributed by atoms with van der Waals surface area (Å²) in [6.07, 6.45) is 3.11. The van der Waals surface area contributed by atoms with Crippen molar-refractivity contribution in [3.8, 4) is 5.69 Å². The summed E-state index contributed by atoms with van der Waals surface area (Å²) in [7, 11) is 0. The van der Waals surface area contributed by atoms with E-state index in [1.807, 2.05) is 19.1 Å². The van der Waals surface area contributed by atoms with Gasteiger partial charge in [-0.1, -0.05) is 49.3 Å². The van der Waals surface area contributed by atoms with Crippen molar-refractivity contribution in [1.82, 2.24) is 14.9 Å². The van der Waals surface area contributed by atoms with Crippen molar-refractivity contribution >= 4 is 40.2 Å². The third-order valence-corrected chi connectivity index (χ3v) is 7.00. The van der Waals surface area contributed by atoms with E-state index in [2.05, 4.69) is 31.3 Å². The van der Waals surface area contributed by atoms with E-state index in [0.29, 0.717) is 27.0 Å². The van der Waals surface area contributed by atoms with Crippen molar-refractivity contribution in [3.05, 3.63) is 63.4 Å². The molecule has 1 aromatic heterocycles. The second-order valence-electron chi connectivity index (χ2n) is 8.14. The number of rotatable bonds is 7. The third kappa shape index (κ3) is 4.80. The quantitative estimate of drug-likeness (QED) is 0.387. The van der Waals surface area contributed by atoms with Gasteiger partial charge in [0, 0.05) is 11.1 Å². The molecule has 0 spiro atoms. The fraction of sp³-hybridized carbons (Fsp3) is 0.375. The lowest BCUT2D eigenvalue weighted by atomic mass is 9.98. The number of aromatic nitrogens is 2. The molecule has 0 radical (unpaired) electrons. The zero-order valence-electron chi connectivity index (χ0n) is 17.9. The van der Waals surface area contributed by atoms with Crippen LogP contribution in [0.15, 0.2) is 52.4 Å². The normalized spacial score (nSPS) is 15.6. The lowest BCUT2D eigenvalue weighted by Gasteiger charge is -2.17. The van der Waals surface area contributed by atoms with Crippen molar-refractivity contribution < 1.29 is 4.79 Å². The highest BCUT2D eigenvalue weighted by Crippen LogP contribution is 2.28. The Morgan fingerprint density at radius 2 is 1.94 bits per heavy atom. The number of nitrogens with one attached hydrogen (secondary N) is 1. The second-order valence-corrected chi connectivity index (χ2v) is 9.88. The van der Waals surface area contributed by atoms with Gasteiger partial charge in [0.2, 0.25) is 5.91 Å². The molecule has 1 heterocycles. The van der Waals surface area contributed by atoms with E-state index in [0.717, 1.165) is 24.9 Å². The average Bonchev–Trinajstić information content (AvgIpc) is 3.57. The minimum absolute atomic E-state index is 0.0355. The van der Waals surface area contributed by atoms with Gasteiger partial charge in [-0.15, -0.1) is 0 Å². The first kappa shape index (κ1) is 21.9. The van der Waals surface area contributed by atoms with E-state index in [9.17, 15) is 9.59 Å². The Kier molecular flexibility index (Phi) is 6.39. The summed E-state index contributed by atoms with van der Waals surface area (Å²) in [5.74, 6) is 0.411. The van der Waals surface area contributed by atoms with E-state index in [1.165, 1.54) is 17.3 Å². The predicted octanol–water partition coefficient (Wildman–Crippen LogP) is 5.31. The monoisotopic (exact) mass is 455 g/mol. The lowest BCUT2D eigenvalue weighted by molar-refractivity contribution is -0.120. The number of fused-ring (bicyclic) bond motifs is 1. The zero-order valence-corrected chi connectivity index (χ0v) is 19.5. The maximum atomic E-state index is 13.4. The predicted molar refractivity (Wildman–Crippen MR) is 128 cm³/mol. The molecule has 1 saturated carbocycles.